The minimum atomic E-state index is -0.888. The second kappa shape index (κ2) is 13.5. The molecule has 3 atom stereocenters. The van der Waals surface area contributed by atoms with Crippen molar-refractivity contribution in [3.63, 3.8) is 0 Å². The zero-order valence-electron chi connectivity index (χ0n) is 22.6. The second-order valence-corrected chi connectivity index (χ2v) is 11.0. The molecule has 0 radical (unpaired) electrons. The van der Waals surface area contributed by atoms with E-state index in [2.05, 4.69) is 10.3 Å². The monoisotopic (exact) mass is 543 g/mol. The van der Waals surface area contributed by atoms with Crippen LogP contribution < -0.4 is 5.32 Å². The summed E-state index contributed by atoms with van der Waals surface area (Å²) in [7, 11) is 3.06. The number of carbonyl (C=O) groups is 4. The van der Waals surface area contributed by atoms with Gasteiger partial charge in [0.25, 0.3) is 5.91 Å². The molecule has 0 bridgehead atoms. The van der Waals surface area contributed by atoms with Gasteiger partial charge in [0, 0.05) is 44.7 Å². The van der Waals surface area contributed by atoms with Crippen molar-refractivity contribution in [1.29, 1.82) is 0 Å². The number of hydrogen-bond acceptors (Lipinski definition) is 8. The van der Waals surface area contributed by atoms with E-state index in [1.54, 1.807) is 17.3 Å². The SMILES string of the molecule is COC(=O)C(Cc1ccccc1)NC(=O)c1csc(C(CC(C(C)C)N(C)C(=O)CC2CC2)OC(C)=O)n1. The summed E-state index contributed by atoms with van der Waals surface area (Å²) in [5.41, 5.74) is 0.987. The third-order valence-electron chi connectivity index (χ3n) is 6.69. The minimum Gasteiger partial charge on any atom is -0.467 e. The van der Waals surface area contributed by atoms with Crippen LogP contribution in [0.25, 0.3) is 0 Å². The third kappa shape index (κ3) is 8.37. The summed E-state index contributed by atoms with van der Waals surface area (Å²) in [4.78, 5) is 56.3. The molecular formula is C28H37N3O6S. The Morgan fingerprint density at radius 2 is 1.84 bits per heavy atom. The topological polar surface area (TPSA) is 115 Å². The van der Waals surface area contributed by atoms with E-state index in [9.17, 15) is 19.2 Å². The van der Waals surface area contributed by atoms with Gasteiger partial charge in [-0.3, -0.25) is 14.4 Å². The van der Waals surface area contributed by atoms with E-state index < -0.39 is 30.0 Å². The molecule has 1 heterocycles. The number of thiazole rings is 1. The predicted molar refractivity (Wildman–Crippen MR) is 143 cm³/mol. The van der Waals surface area contributed by atoms with Crippen LogP contribution in [0.2, 0.25) is 0 Å². The Morgan fingerprint density at radius 1 is 1.16 bits per heavy atom. The Bertz CT molecular complexity index is 1110. The first-order valence-corrected chi connectivity index (χ1v) is 13.8. The second-order valence-electron chi connectivity index (χ2n) is 10.1. The quantitative estimate of drug-likeness (QED) is 0.381. The summed E-state index contributed by atoms with van der Waals surface area (Å²) in [5.74, 6) is -0.897. The lowest BCUT2D eigenvalue weighted by atomic mass is 9.96. The number of nitrogens with one attached hydrogen (secondary N) is 1. The molecule has 0 spiro atoms. The first-order valence-electron chi connectivity index (χ1n) is 12.9. The maximum absolute atomic E-state index is 13.0. The molecule has 1 aliphatic carbocycles. The number of hydrogen-bond donors (Lipinski definition) is 1. The first-order chi connectivity index (χ1) is 18.1. The fourth-order valence-corrected chi connectivity index (χ4v) is 5.19. The van der Waals surface area contributed by atoms with Gasteiger partial charge in [-0.25, -0.2) is 9.78 Å². The van der Waals surface area contributed by atoms with Crippen molar-refractivity contribution in [2.75, 3.05) is 14.2 Å². The van der Waals surface area contributed by atoms with E-state index in [1.165, 1.54) is 25.4 Å². The highest BCUT2D eigenvalue weighted by Gasteiger charge is 2.33. The molecule has 2 aromatic rings. The number of aromatic nitrogens is 1. The molecule has 1 N–H and O–H groups in total. The van der Waals surface area contributed by atoms with Crippen molar-refractivity contribution in [3.8, 4) is 0 Å². The van der Waals surface area contributed by atoms with Gasteiger partial charge < -0.3 is 19.7 Å². The summed E-state index contributed by atoms with van der Waals surface area (Å²) in [6.45, 7) is 5.37. The van der Waals surface area contributed by atoms with Gasteiger partial charge in [-0.2, -0.15) is 0 Å². The zero-order valence-corrected chi connectivity index (χ0v) is 23.5. The fraction of sp³-hybridized carbons (Fsp3) is 0.536. The van der Waals surface area contributed by atoms with Crippen LogP contribution in [0.1, 0.15) is 73.6 Å². The predicted octanol–water partition coefficient (Wildman–Crippen LogP) is 3.93. The van der Waals surface area contributed by atoms with E-state index in [1.807, 2.05) is 44.2 Å². The van der Waals surface area contributed by atoms with E-state index in [-0.39, 0.29) is 30.0 Å². The van der Waals surface area contributed by atoms with Crippen molar-refractivity contribution in [3.05, 3.63) is 52.0 Å². The number of benzene rings is 1. The molecule has 9 nitrogen and oxygen atoms in total. The van der Waals surface area contributed by atoms with Crippen molar-refractivity contribution in [2.24, 2.45) is 11.8 Å². The Labute approximate surface area is 227 Å². The van der Waals surface area contributed by atoms with Gasteiger partial charge in [0.15, 0.2) is 6.10 Å². The zero-order chi connectivity index (χ0) is 27.8. The summed E-state index contributed by atoms with van der Waals surface area (Å²) >= 11 is 1.20. The fourth-order valence-electron chi connectivity index (χ4n) is 4.35. The molecule has 0 aliphatic heterocycles. The largest absolute Gasteiger partial charge is 0.467 e. The molecule has 1 fully saturated rings. The summed E-state index contributed by atoms with van der Waals surface area (Å²) < 4.78 is 10.5. The minimum absolute atomic E-state index is 0.0826. The van der Waals surface area contributed by atoms with Crippen LogP contribution in [-0.2, 0) is 30.3 Å². The molecular weight excluding hydrogens is 506 g/mol. The standard InChI is InChI=1S/C28H37N3O6S/c1-17(2)23(31(4)25(33)14-20-11-12-20)15-24(37-18(3)32)27-30-22(16-38-27)26(34)29-21(28(35)36-5)13-19-9-7-6-8-10-19/h6-10,16-17,20-21,23-24H,11-15H2,1-5H3,(H,29,34). The molecule has 2 amide bonds. The van der Waals surface area contributed by atoms with Gasteiger partial charge in [-0.1, -0.05) is 44.2 Å². The molecule has 10 heteroatoms. The van der Waals surface area contributed by atoms with Crippen LogP contribution >= 0.6 is 11.3 Å². The van der Waals surface area contributed by atoms with Crippen LogP contribution in [0.4, 0.5) is 0 Å². The number of amides is 2. The van der Waals surface area contributed by atoms with Crippen LogP contribution in [-0.4, -0.2) is 59.9 Å². The molecule has 206 valence electrons. The molecule has 1 aliphatic rings. The third-order valence-corrected chi connectivity index (χ3v) is 7.62. The van der Waals surface area contributed by atoms with Gasteiger partial charge in [0.1, 0.15) is 16.7 Å². The van der Waals surface area contributed by atoms with Gasteiger partial charge in [0.05, 0.1) is 7.11 Å². The lowest BCUT2D eigenvalue weighted by molar-refractivity contribution is -0.148. The number of methoxy groups -OCH3 is 1. The van der Waals surface area contributed by atoms with Crippen LogP contribution in [0.5, 0.6) is 0 Å². The van der Waals surface area contributed by atoms with Crippen molar-refractivity contribution in [1.82, 2.24) is 15.2 Å². The normalized spacial score (nSPS) is 15.3. The number of nitrogens with zero attached hydrogens (tertiary/aromatic N) is 2. The summed E-state index contributed by atoms with van der Waals surface area (Å²) in [6.07, 6.45) is 2.62. The molecule has 3 rings (SSSR count). The number of rotatable bonds is 13. The van der Waals surface area contributed by atoms with Gasteiger partial charge in [-0.05, 0) is 30.2 Å². The molecule has 1 saturated carbocycles. The van der Waals surface area contributed by atoms with Crippen LogP contribution in [0.3, 0.4) is 0 Å². The molecule has 0 saturated heterocycles. The lowest BCUT2D eigenvalue weighted by Gasteiger charge is -2.33. The summed E-state index contributed by atoms with van der Waals surface area (Å²) in [6, 6.07) is 8.25. The van der Waals surface area contributed by atoms with E-state index in [4.69, 9.17) is 9.47 Å². The Kier molecular flexibility index (Phi) is 10.4. The Morgan fingerprint density at radius 3 is 2.42 bits per heavy atom. The summed E-state index contributed by atoms with van der Waals surface area (Å²) in [5, 5.41) is 4.74. The van der Waals surface area contributed by atoms with Crippen molar-refractivity contribution < 1.29 is 28.7 Å². The highest BCUT2D eigenvalue weighted by molar-refractivity contribution is 7.09. The molecule has 38 heavy (non-hydrogen) atoms. The maximum atomic E-state index is 13.0. The highest BCUT2D eigenvalue weighted by atomic mass is 32.1. The molecule has 3 unspecified atom stereocenters. The van der Waals surface area contributed by atoms with Crippen LogP contribution in [0.15, 0.2) is 35.7 Å². The molecule has 1 aromatic carbocycles. The molecule has 1 aromatic heterocycles. The lowest BCUT2D eigenvalue weighted by Crippen LogP contribution is -2.43. The van der Waals surface area contributed by atoms with Crippen molar-refractivity contribution >= 4 is 35.1 Å². The van der Waals surface area contributed by atoms with Crippen LogP contribution in [0, 0.1) is 11.8 Å². The highest BCUT2D eigenvalue weighted by Crippen LogP contribution is 2.34. The van der Waals surface area contributed by atoms with E-state index in [0.29, 0.717) is 23.8 Å². The van der Waals surface area contributed by atoms with Crippen molar-refractivity contribution in [2.45, 2.75) is 71.1 Å². The Hall–Kier alpha value is -3.27. The average Bonchev–Trinajstić information content (AvgIpc) is 3.56. The van der Waals surface area contributed by atoms with E-state index >= 15 is 0 Å². The smallest absolute Gasteiger partial charge is 0.328 e. The maximum Gasteiger partial charge on any atom is 0.328 e. The Balaban J connectivity index is 1.74. The van der Waals surface area contributed by atoms with E-state index in [0.717, 1.165) is 18.4 Å². The average molecular weight is 544 g/mol. The van der Waals surface area contributed by atoms with Gasteiger partial charge in [0.2, 0.25) is 5.91 Å². The number of ether oxygens (including phenoxy) is 2. The first kappa shape index (κ1) is 29.3. The van der Waals surface area contributed by atoms with Gasteiger partial charge in [-0.15, -0.1) is 11.3 Å². The number of carbonyl (C=O) groups excluding carboxylic acids is 4. The number of esters is 2. The van der Waals surface area contributed by atoms with Gasteiger partial charge >= 0.3 is 11.9 Å².